The highest BCUT2D eigenvalue weighted by atomic mass is 16.3. The van der Waals surface area contributed by atoms with Gasteiger partial charge in [0.25, 0.3) is 0 Å². The monoisotopic (exact) mass is 663 g/mol. The van der Waals surface area contributed by atoms with Crippen LogP contribution in [0.4, 0.5) is 17.1 Å². The van der Waals surface area contributed by atoms with E-state index in [-0.39, 0.29) is 0 Å². The maximum atomic E-state index is 6.83. The molecule has 0 spiro atoms. The third-order valence-corrected chi connectivity index (χ3v) is 10.3. The minimum atomic E-state index is 0.868. The Bertz CT molecular complexity index is 2890. The van der Waals surface area contributed by atoms with Crippen LogP contribution in [0, 0.1) is 0 Å². The van der Waals surface area contributed by atoms with Gasteiger partial charge in [-0.05, 0) is 80.2 Å². The molecule has 1 heterocycles. The van der Waals surface area contributed by atoms with E-state index in [1.807, 2.05) is 0 Å². The number of benzene rings is 9. The van der Waals surface area contributed by atoms with E-state index in [4.69, 9.17) is 4.42 Å². The molecule has 0 unspecified atom stereocenters. The summed E-state index contributed by atoms with van der Waals surface area (Å²) in [5, 5.41) is 7.08. The van der Waals surface area contributed by atoms with Crippen LogP contribution in [0.25, 0.3) is 76.9 Å². The van der Waals surface area contributed by atoms with Gasteiger partial charge < -0.3 is 9.32 Å². The molecule has 9 aromatic carbocycles. The van der Waals surface area contributed by atoms with Crippen molar-refractivity contribution in [2.75, 3.05) is 4.90 Å². The van der Waals surface area contributed by atoms with Crippen LogP contribution in [0.3, 0.4) is 0 Å². The van der Waals surface area contributed by atoms with Crippen molar-refractivity contribution in [2.24, 2.45) is 0 Å². The summed E-state index contributed by atoms with van der Waals surface area (Å²) in [6.45, 7) is 0. The second kappa shape index (κ2) is 12.5. The number of para-hydroxylation sites is 2. The van der Waals surface area contributed by atoms with E-state index >= 15 is 0 Å². The summed E-state index contributed by atoms with van der Waals surface area (Å²) in [5.41, 5.74) is 11.9. The molecule has 0 bridgehead atoms. The number of hydrogen-bond acceptors (Lipinski definition) is 2. The summed E-state index contributed by atoms with van der Waals surface area (Å²) in [5.74, 6) is 0. The molecule has 2 heteroatoms. The molecule has 0 saturated carbocycles. The Kier molecular flexibility index (Phi) is 7.18. The largest absolute Gasteiger partial charge is 0.455 e. The van der Waals surface area contributed by atoms with Crippen molar-refractivity contribution in [3.05, 3.63) is 200 Å². The number of hydrogen-bond donors (Lipinski definition) is 0. The Balaban J connectivity index is 1.25. The predicted molar refractivity (Wildman–Crippen MR) is 220 cm³/mol. The Labute approximate surface area is 302 Å². The first-order chi connectivity index (χ1) is 25.8. The van der Waals surface area contributed by atoms with E-state index in [9.17, 15) is 0 Å². The van der Waals surface area contributed by atoms with Crippen LogP contribution < -0.4 is 4.90 Å². The van der Waals surface area contributed by atoms with E-state index in [0.29, 0.717) is 0 Å². The molecule has 2 nitrogen and oxygen atoms in total. The van der Waals surface area contributed by atoms with Gasteiger partial charge in [0.1, 0.15) is 11.2 Å². The van der Waals surface area contributed by atoms with Gasteiger partial charge in [-0.3, -0.25) is 0 Å². The zero-order valence-electron chi connectivity index (χ0n) is 28.4. The van der Waals surface area contributed by atoms with Gasteiger partial charge in [-0.2, -0.15) is 0 Å². The van der Waals surface area contributed by atoms with Gasteiger partial charge >= 0.3 is 0 Å². The molecular formula is C50H33NO. The van der Waals surface area contributed by atoms with E-state index < -0.39 is 0 Å². The lowest BCUT2D eigenvalue weighted by Crippen LogP contribution is -2.12. The van der Waals surface area contributed by atoms with Gasteiger partial charge in [0.15, 0.2) is 0 Å². The summed E-state index contributed by atoms with van der Waals surface area (Å²) in [6, 6.07) is 71.6. The lowest BCUT2D eigenvalue weighted by Gasteiger charge is -2.29. The number of anilines is 3. The molecule has 0 aliphatic rings. The van der Waals surface area contributed by atoms with Crippen molar-refractivity contribution in [2.45, 2.75) is 0 Å². The zero-order valence-corrected chi connectivity index (χ0v) is 28.4. The van der Waals surface area contributed by atoms with Gasteiger partial charge in [-0.1, -0.05) is 164 Å². The van der Waals surface area contributed by atoms with Gasteiger partial charge in [0, 0.05) is 22.2 Å². The lowest BCUT2D eigenvalue weighted by atomic mass is 9.96. The second-order valence-corrected chi connectivity index (χ2v) is 13.3. The smallest absolute Gasteiger partial charge is 0.145 e. The maximum Gasteiger partial charge on any atom is 0.145 e. The fraction of sp³-hybridized carbons (Fsp3) is 0. The molecule has 10 aromatic rings. The van der Waals surface area contributed by atoms with Crippen molar-refractivity contribution in [3.8, 4) is 33.4 Å². The van der Waals surface area contributed by atoms with Crippen molar-refractivity contribution in [1.29, 1.82) is 0 Å². The molecule has 0 saturated heterocycles. The molecule has 0 radical (unpaired) electrons. The average molecular weight is 664 g/mol. The molecule has 0 atom stereocenters. The molecule has 244 valence electrons. The molecule has 10 rings (SSSR count). The average Bonchev–Trinajstić information content (AvgIpc) is 3.62. The summed E-state index contributed by atoms with van der Waals surface area (Å²) < 4.78 is 6.83. The molecular weight excluding hydrogens is 631 g/mol. The standard InChI is InChI=1S/C50H33NO/c1-3-13-34(14-4-1)35-23-25-38(26-24-35)43-31-32-47(49-44-20-10-12-22-48(44)52-50(43)49)51(46-21-11-9-19-42(46)36-15-5-2-6-16-36)40-30-29-39-28-27-37-17-7-8-18-41(37)45(39)33-40/h1-33H. The first kappa shape index (κ1) is 30.0. The predicted octanol–water partition coefficient (Wildman–Crippen LogP) is 14.4. The fourth-order valence-corrected chi connectivity index (χ4v) is 7.76. The maximum absolute atomic E-state index is 6.83. The van der Waals surface area contributed by atoms with E-state index in [0.717, 1.165) is 61.3 Å². The van der Waals surface area contributed by atoms with Crippen LogP contribution in [0.2, 0.25) is 0 Å². The Hall–Kier alpha value is -6.90. The quantitative estimate of drug-likeness (QED) is 0.165. The molecule has 0 aliphatic heterocycles. The molecule has 0 N–H and O–H groups in total. The summed E-state index contributed by atoms with van der Waals surface area (Å²) in [6.07, 6.45) is 0. The van der Waals surface area contributed by atoms with Crippen molar-refractivity contribution < 1.29 is 4.42 Å². The lowest BCUT2D eigenvalue weighted by molar-refractivity contribution is 0.670. The van der Waals surface area contributed by atoms with Crippen LogP contribution >= 0.6 is 0 Å². The van der Waals surface area contributed by atoms with Crippen LogP contribution in [-0.4, -0.2) is 0 Å². The number of fused-ring (bicyclic) bond motifs is 6. The number of rotatable bonds is 6. The Morgan fingerprint density at radius 2 is 0.923 bits per heavy atom. The molecule has 0 fully saturated rings. The first-order valence-corrected chi connectivity index (χ1v) is 17.8. The minimum absolute atomic E-state index is 0.868. The minimum Gasteiger partial charge on any atom is -0.455 e. The normalized spacial score (nSPS) is 11.5. The van der Waals surface area contributed by atoms with E-state index in [1.165, 1.54) is 32.7 Å². The highest BCUT2D eigenvalue weighted by Crippen LogP contribution is 2.48. The zero-order chi connectivity index (χ0) is 34.4. The van der Waals surface area contributed by atoms with Crippen molar-refractivity contribution in [1.82, 2.24) is 0 Å². The van der Waals surface area contributed by atoms with Crippen LogP contribution in [-0.2, 0) is 0 Å². The van der Waals surface area contributed by atoms with Gasteiger partial charge in [0.2, 0.25) is 0 Å². The second-order valence-electron chi connectivity index (χ2n) is 13.3. The van der Waals surface area contributed by atoms with Crippen LogP contribution in [0.1, 0.15) is 0 Å². The topological polar surface area (TPSA) is 16.4 Å². The summed E-state index contributed by atoms with van der Waals surface area (Å²) in [4.78, 5) is 2.43. The molecule has 0 amide bonds. The van der Waals surface area contributed by atoms with Gasteiger partial charge in [-0.25, -0.2) is 0 Å². The van der Waals surface area contributed by atoms with Gasteiger partial charge in [0.05, 0.1) is 16.8 Å². The van der Waals surface area contributed by atoms with Crippen molar-refractivity contribution in [3.63, 3.8) is 0 Å². The summed E-state index contributed by atoms with van der Waals surface area (Å²) >= 11 is 0. The third kappa shape index (κ3) is 5.04. The highest BCUT2D eigenvalue weighted by molar-refractivity contribution is 6.18. The van der Waals surface area contributed by atoms with E-state index in [2.05, 4.69) is 205 Å². The third-order valence-electron chi connectivity index (χ3n) is 10.3. The molecule has 1 aromatic heterocycles. The fourth-order valence-electron chi connectivity index (χ4n) is 7.76. The highest BCUT2D eigenvalue weighted by Gasteiger charge is 2.24. The Morgan fingerprint density at radius 1 is 0.346 bits per heavy atom. The van der Waals surface area contributed by atoms with Gasteiger partial charge in [-0.15, -0.1) is 0 Å². The summed E-state index contributed by atoms with van der Waals surface area (Å²) in [7, 11) is 0. The SMILES string of the molecule is c1ccc(-c2ccc(-c3ccc(N(c4ccc5ccc6ccccc6c5c4)c4ccccc4-c4ccccc4)c4c3oc3ccccc34)cc2)cc1. The Morgan fingerprint density at radius 3 is 1.73 bits per heavy atom. The number of nitrogens with zero attached hydrogens (tertiary/aromatic N) is 1. The van der Waals surface area contributed by atoms with E-state index in [1.54, 1.807) is 0 Å². The van der Waals surface area contributed by atoms with Crippen LogP contribution in [0.5, 0.6) is 0 Å². The first-order valence-electron chi connectivity index (χ1n) is 17.8. The molecule has 0 aliphatic carbocycles. The van der Waals surface area contributed by atoms with Crippen LogP contribution in [0.15, 0.2) is 205 Å². The van der Waals surface area contributed by atoms with Crippen molar-refractivity contribution >= 4 is 60.5 Å². The molecule has 52 heavy (non-hydrogen) atoms. The number of furan rings is 1.